The SMILES string of the molecule is O=C(O)C1=Nc2cc3c(cc2SN1)OCCO3. The fourth-order valence-corrected chi connectivity index (χ4v) is 2.28. The van der Waals surface area contributed by atoms with Gasteiger partial charge in [-0.3, -0.25) is 0 Å². The van der Waals surface area contributed by atoms with Gasteiger partial charge in [-0.2, -0.15) is 0 Å². The molecule has 0 aliphatic carbocycles. The Kier molecular flexibility index (Phi) is 2.32. The van der Waals surface area contributed by atoms with Gasteiger partial charge < -0.3 is 19.3 Å². The molecule has 2 N–H and O–H groups in total. The lowest BCUT2D eigenvalue weighted by atomic mass is 10.2. The lowest BCUT2D eigenvalue weighted by Crippen LogP contribution is -2.27. The first-order valence-corrected chi connectivity index (χ1v) is 5.74. The molecule has 2 aliphatic rings. The average molecular weight is 252 g/mol. The molecule has 0 saturated heterocycles. The number of aliphatic imine (C=N–C) groups is 1. The Morgan fingerprint density at radius 1 is 1.35 bits per heavy atom. The van der Waals surface area contributed by atoms with Crippen molar-refractivity contribution in [2.75, 3.05) is 13.2 Å². The first kappa shape index (κ1) is 10.3. The number of carbonyl (C=O) groups is 1. The number of aliphatic carboxylic acids is 1. The average Bonchev–Trinajstić information content (AvgIpc) is 2.35. The van der Waals surface area contributed by atoms with E-state index in [1.165, 1.54) is 11.9 Å². The van der Waals surface area contributed by atoms with Crippen LogP contribution in [-0.2, 0) is 4.79 Å². The zero-order valence-corrected chi connectivity index (χ0v) is 9.41. The third-order valence-electron chi connectivity index (χ3n) is 2.32. The smallest absolute Gasteiger partial charge is 0.372 e. The molecule has 0 fully saturated rings. The van der Waals surface area contributed by atoms with E-state index >= 15 is 0 Å². The normalized spacial score (nSPS) is 16.6. The highest BCUT2D eigenvalue weighted by molar-refractivity contribution is 7.98. The predicted octanol–water partition coefficient (Wildman–Crippen LogP) is 1.18. The third kappa shape index (κ3) is 1.78. The number of carboxylic acid groups (broad SMARTS) is 1. The number of ether oxygens (including phenoxy) is 2. The van der Waals surface area contributed by atoms with Crippen molar-refractivity contribution in [3.05, 3.63) is 12.1 Å². The van der Waals surface area contributed by atoms with E-state index in [0.717, 1.165) is 4.90 Å². The van der Waals surface area contributed by atoms with Crippen LogP contribution in [0.5, 0.6) is 11.5 Å². The van der Waals surface area contributed by atoms with E-state index in [9.17, 15) is 4.79 Å². The molecule has 0 aromatic heterocycles. The molecule has 17 heavy (non-hydrogen) atoms. The van der Waals surface area contributed by atoms with Crippen molar-refractivity contribution in [2.45, 2.75) is 4.90 Å². The molecule has 1 aromatic rings. The Morgan fingerprint density at radius 3 is 2.76 bits per heavy atom. The maximum Gasteiger partial charge on any atom is 0.372 e. The van der Waals surface area contributed by atoms with E-state index in [0.29, 0.717) is 30.4 Å². The summed E-state index contributed by atoms with van der Waals surface area (Å²) in [7, 11) is 0. The van der Waals surface area contributed by atoms with E-state index in [4.69, 9.17) is 14.6 Å². The number of carboxylic acids is 1. The number of benzene rings is 1. The van der Waals surface area contributed by atoms with E-state index in [2.05, 4.69) is 9.71 Å². The molecule has 0 bridgehead atoms. The first-order valence-electron chi connectivity index (χ1n) is 4.92. The highest BCUT2D eigenvalue weighted by atomic mass is 32.2. The minimum atomic E-state index is -1.09. The molecule has 3 rings (SSSR count). The second-order valence-corrected chi connectivity index (χ2v) is 4.28. The second-order valence-electron chi connectivity index (χ2n) is 3.43. The number of amidine groups is 1. The summed E-state index contributed by atoms with van der Waals surface area (Å²) in [5.74, 6) is 0.0986. The molecule has 0 spiro atoms. The number of rotatable bonds is 1. The first-order chi connectivity index (χ1) is 8.24. The van der Waals surface area contributed by atoms with Crippen molar-refractivity contribution in [1.82, 2.24) is 4.72 Å². The summed E-state index contributed by atoms with van der Waals surface area (Å²) in [6.07, 6.45) is 0. The number of hydrogen-bond donors (Lipinski definition) is 2. The van der Waals surface area contributed by atoms with Crippen molar-refractivity contribution >= 4 is 29.4 Å². The molecule has 2 heterocycles. The van der Waals surface area contributed by atoms with E-state index in [1.807, 2.05) is 0 Å². The van der Waals surface area contributed by atoms with Gasteiger partial charge in [-0.05, 0) is 11.9 Å². The van der Waals surface area contributed by atoms with Crippen LogP contribution in [0.15, 0.2) is 22.0 Å². The van der Waals surface area contributed by atoms with Crippen molar-refractivity contribution < 1.29 is 19.4 Å². The van der Waals surface area contributed by atoms with Gasteiger partial charge in [0.2, 0.25) is 5.84 Å². The maximum absolute atomic E-state index is 10.8. The number of nitrogens with zero attached hydrogens (tertiary/aromatic N) is 1. The fraction of sp³-hybridized carbons (Fsp3) is 0.200. The van der Waals surface area contributed by atoms with Crippen LogP contribution in [0.4, 0.5) is 5.69 Å². The summed E-state index contributed by atoms with van der Waals surface area (Å²) < 4.78 is 13.5. The molecule has 88 valence electrons. The molecule has 0 unspecified atom stereocenters. The molecule has 0 amide bonds. The van der Waals surface area contributed by atoms with E-state index < -0.39 is 5.97 Å². The van der Waals surface area contributed by atoms with Crippen LogP contribution in [0.2, 0.25) is 0 Å². The van der Waals surface area contributed by atoms with Gasteiger partial charge in [-0.15, -0.1) is 0 Å². The lowest BCUT2D eigenvalue weighted by Gasteiger charge is -2.21. The van der Waals surface area contributed by atoms with Crippen LogP contribution in [-0.4, -0.2) is 30.1 Å². The quantitative estimate of drug-likeness (QED) is 0.731. The van der Waals surface area contributed by atoms with E-state index in [1.54, 1.807) is 12.1 Å². The second kappa shape index (κ2) is 3.85. The molecule has 0 atom stereocenters. The summed E-state index contributed by atoms with van der Waals surface area (Å²) in [6.45, 7) is 1.01. The lowest BCUT2D eigenvalue weighted by molar-refractivity contribution is -0.129. The summed E-state index contributed by atoms with van der Waals surface area (Å²) in [4.78, 5) is 15.6. The minimum Gasteiger partial charge on any atom is -0.486 e. The van der Waals surface area contributed by atoms with Gasteiger partial charge >= 0.3 is 5.97 Å². The summed E-state index contributed by atoms with van der Waals surface area (Å²) in [5, 5.41) is 8.84. The number of fused-ring (bicyclic) bond motifs is 2. The van der Waals surface area contributed by atoms with Gasteiger partial charge in [-0.1, -0.05) is 0 Å². The molecule has 0 saturated carbocycles. The fourth-order valence-electron chi connectivity index (χ4n) is 1.57. The molecule has 1 aromatic carbocycles. The van der Waals surface area contributed by atoms with Crippen LogP contribution < -0.4 is 14.2 Å². The van der Waals surface area contributed by atoms with Crippen LogP contribution in [0.25, 0.3) is 0 Å². The standard InChI is InChI=1S/C10H8N2O4S/c13-10(14)9-11-5-3-6-7(16-2-1-15-6)4-8(5)17-12-9/h3-4H,1-2H2,(H,11,12)(H,13,14). The number of nitrogens with one attached hydrogen (secondary N) is 1. The molecular formula is C10H8N2O4S. The monoisotopic (exact) mass is 252 g/mol. The van der Waals surface area contributed by atoms with Gasteiger partial charge in [0.15, 0.2) is 11.5 Å². The van der Waals surface area contributed by atoms with Gasteiger partial charge in [-0.25, -0.2) is 9.79 Å². The zero-order chi connectivity index (χ0) is 11.8. The highest BCUT2D eigenvalue weighted by Crippen LogP contribution is 2.41. The van der Waals surface area contributed by atoms with Crippen LogP contribution >= 0.6 is 11.9 Å². The van der Waals surface area contributed by atoms with Crippen molar-refractivity contribution in [2.24, 2.45) is 4.99 Å². The Morgan fingerprint density at radius 2 is 2.06 bits per heavy atom. The molecule has 0 radical (unpaired) electrons. The summed E-state index contributed by atoms with van der Waals surface area (Å²) in [6, 6.07) is 3.49. The van der Waals surface area contributed by atoms with Crippen molar-refractivity contribution in [3.63, 3.8) is 0 Å². The summed E-state index contributed by atoms with van der Waals surface area (Å²) >= 11 is 1.20. The Labute approximate surface area is 101 Å². The van der Waals surface area contributed by atoms with Crippen LogP contribution in [0.3, 0.4) is 0 Å². The van der Waals surface area contributed by atoms with Crippen LogP contribution in [0.1, 0.15) is 0 Å². The van der Waals surface area contributed by atoms with Gasteiger partial charge in [0, 0.05) is 12.1 Å². The largest absolute Gasteiger partial charge is 0.486 e. The third-order valence-corrected chi connectivity index (χ3v) is 3.16. The van der Waals surface area contributed by atoms with Crippen LogP contribution in [0, 0.1) is 0 Å². The summed E-state index contributed by atoms with van der Waals surface area (Å²) in [5.41, 5.74) is 0.579. The van der Waals surface area contributed by atoms with Gasteiger partial charge in [0.25, 0.3) is 0 Å². The van der Waals surface area contributed by atoms with Crippen molar-refractivity contribution in [1.29, 1.82) is 0 Å². The molecule has 7 heteroatoms. The topological polar surface area (TPSA) is 80.2 Å². The van der Waals surface area contributed by atoms with Crippen molar-refractivity contribution in [3.8, 4) is 11.5 Å². The minimum absolute atomic E-state index is 0.0841. The molecule has 6 nitrogen and oxygen atoms in total. The molecular weight excluding hydrogens is 244 g/mol. The highest BCUT2D eigenvalue weighted by Gasteiger charge is 2.21. The Balaban J connectivity index is 2.06. The molecule has 2 aliphatic heterocycles. The van der Waals surface area contributed by atoms with Gasteiger partial charge in [0.05, 0.1) is 10.6 Å². The maximum atomic E-state index is 10.8. The zero-order valence-electron chi connectivity index (χ0n) is 8.60. The number of hydrogen-bond acceptors (Lipinski definition) is 6. The van der Waals surface area contributed by atoms with Gasteiger partial charge in [0.1, 0.15) is 13.2 Å². The predicted molar refractivity (Wildman–Crippen MR) is 61.2 cm³/mol. The Bertz CT molecular complexity index is 529. The Hall–Kier alpha value is -1.89. The van der Waals surface area contributed by atoms with E-state index in [-0.39, 0.29) is 5.84 Å².